The van der Waals surface area contributed by atoms with E-state index >= 15 is 0 Å². The second-order valence-electron chi connectivity index (χ2n) is 5.04. The van der Waals surface area contributed by atoms with E-state index in [1.807, 2.05) is 19.9 Å². The van der Waals surface area contributed by atoms with E-state index in [0.717, 1.165) is 5.56 Å². The molecule has 1 aliphatic heterocycles. The van der Waals surface area contributed by atoms with Crippen molar-refractivity contribution in [3.8, 4) is 11.5 Å². The van der Waals surface area contributed by atoms with E-state index < -0.39 is 0 Å². The number of thioether (sulfide) groups is 1. The third-order valence-corrected chi connectivity index (χ3v) is 4.51. The van der Waals surface area contributed by atoms with Crippen LogP contribution in [-0.4, -0.2) is 36.8 Å². The molecule has 1 fully saturated rings. The first-order valence-electron chi connectivity index (χ1n) is 6.85. The summed E-state index contributed by atoms with van der Waals surface area (Å²) in [5.74, 6) is 1.53. The van der Waals surface area contributed by atoms with E-state index in [1.165, 1.54) is 11.8 Å². The van der Waals surface area contributed by atoms with Crippen molar-refractivity contribution in [3.05, 3.63) is 23.8 Å². The Kier molecular flexibility index (Phi) is 5.43. The molecule has 1 N–H and O–H groups in total. The lowest BCUT2D eigenvalue weighted by Crippen LogP contribution is -2.27. The molecule has 0 aromatic heterocycles. The van der Waals surface area contributed by atoms with Crippen LogP contribution in [0.2, 0.25) is 0 Å². The van der Waals surface area contributed by atoms with Crippen LogP contribution in [0, 0.1) is 5.92 Å². The minimum absolute atomic E-state index is 0.0138. The molecule has 1 aromatic rings. The van der Waals surface area contributed by atoms with Crippen molar-refractivity contribution in [1.29, 1.82) is 0 Å². The Morgan fingerprint density at radius 1 is 1.27 bits per heavy atom. The van der Waals surface area contributed by atoms with Gasteiger partial charge in [0.25, 0.3) is 0 Å². The molecule has 0 saturated carbocycles. The number of carbonyl (C=O) groups is 1. The van der Waals surface area contributed by atoms with E-state index in [1.54, 1.807) is 32.6 Å². The van der Waals surface area contributed by atoms with E-state index in [2.05, 4.69) is 15.5 Å². The smallest absolute Gasteiger partial charge is 0.239 e. The molecule has 1 unspecified atom stereocenters. The summed E-state index contributed by atoms with van der Waals surface area (Å²) in [4.78, 5) is 11.7. The zero-order valence-corrected chi connectivity index (χ0v) is 13.8. The van der Waals surface area contributed by atoms with E-state index in [9.17, 15) is 4.79 Å². The fourth-order valence-electron chi connectivity index (χ4n) is 1.95. The first-order chi connectivity index (χ1) is 10.5. The Morgan fingerprint density at radius 3 is 2.59 bits per heavy atom. The second kappa shape index (κ2) is 7.31. The quantitative estimate of drug-likeness (QED) is 0.667. The molecule has 0 aliphatic carbocycles. The van der Waals surface area contributed by atoms with Crippen LogP contribution in [0.3, 0.4) is 0 Å². The largest absolute Gasteiger partial charge is 0.493 e. The molecule has 22 heavy (non-hydrogen) atoms. The van der Waals surface area contributed by atoms with E-state index in [0.29, 0.717) is 16.7 Å². The Bertz CT molecular complexity index is 614. The minimum atomic E-state index is -0.102. The third kappa shape index (κ3) is 3.79. The molecule has 2 rings (SSSR count). The number of methoxy groups -OCH3 is 2. The van der Waals surface area contributed by atoms with Crippen LogP contribution in [0.25, 0.3) is 0 Å². The fourth-order valence-corrected chi connectivity index (χ4v) is 2.88. The molecular formula is C15H19N3O3S. The summed E-state index contributed by atoms with van der Waals surface area (Å²) >= 11 is 1.41. The van der Waals surface area contributed by atoms with Crippen LogP contribution in [0.1, 0.15) is 19.4 Å². The van der Waals surface area contributed by atoms with Gasteiger partial charge < -0.3 is 14.8 Å². The highest BCUT2D eigenvalue weighted by Crippen LogP contribution is 2.27. The number of benzene rings is 1. The lowest BCUT2D eigenvalue weighted by atomic mass is 10.1. The highest BCUT2D eigenvalue weighted by molar-refractivity contribution is 8.15. The van der Waals surface area contributed by atoms with Crippen molar-refractivity contribution in [3.63, 3.8) is 0 Å². The van der Waals surface area contributed by atoms with Crippen molar-refractivity contribution in [2.24, 2.45) is 16.1 Å². The summed E-state index contributed by atoms with van der Waals surface area (Å²) in [6.45, 7) is 4.01. The number of amidine groups is 1. The van der Waals surface area contributed by atoms with Crippen LogP contribution < -0.4 is 14.8 Å². The zero-order chi connectivity index (χ0) is 16.1. The van der Waals surface area contributed by atoms with Crippen molar-refractivity contribution in [2.45, 2.75) is 19.1 Å². The predicted octanol–water partition coefficient (Wildman–Crippen LogP) is 2.28. The number of nitrogens with zero attached hydrogens (tertiary/aromatic N) is 2. The maximum atomic E-state index is 11.7. The average Bonchev–Trinajstić information content (AvgIpc) is 2.88. The van der Waals surface area contributed by atoms with Gasteiger partial charge in [-0.25, -0.2) is 0 Å². The number of hydrogen-bond donors (Lipinski definition) is 1. The van der Waals surface area contributed by atoms with E-state index in [4.69, 9.17) is 9.47 Å². The predicted molar refractivity (Wildman–Crippen MR) is 88.9 cm³/mol. The SMILES string of the molecule is COc1ccc(C=NN=C2NC(=O)C(C(C)C)S2)cc1OC. The number of rotatable bonds is 5. The van der Waals surface area contributed by atoms with Crippen LogP contribution in [0.15, 0.2) is 28.4 Å². The maximum Gasteiger partial charge on any atom is 0.239 e. The van der Waals surface area contributed by atoms with Crippen LogP contribution >= 0.6 is 11.8 Å². The van der Waals surface area contributed by atoms with Gasteiger partial charge in [-0.15, -0.1) is 5.10 Å². The summed E-state index contributed by atoms with van der Waals surface area (Å²) < 4.78 is 10.4. The normalized spacial score (nSPS) is 20.0. The number of nitrogens with one attached hydrogen (secondary N) is 1. The maximum absolute atomic E-state index is 11.7. The van der Waals surface area contributed by atoms with Gasteiger partial charge in [0, 0.05) is 0 Å². The molecule has 1 aliphatic rings. The summed E-state index contributed by atoms with van der Waals surface area (Å²) in [6, 6.07) is 5.45. The summed E-state index contributed by atoms with van der Waals surface area (Å²) in [5, 5.41) is 11.2. The van der Waals surface area contributed by atoms with Crippen molar-refractivity contribution >= 4 is 29.1 Å². The average molecular weight is 321 g/mol. The van der Waals surface area contributed by atoms with Gasteiger partial charge in [-0.05, 0) is 29.7 Å². The minimum Gasteiger partial charge on any atom is -0.493 e. The lowest BCUT2D eigenvalue weighted by molar-refractivity contribution is -0.119. The zero-order valence-electron chi connectivity index (χ0n) is 13.0. The van der Waals surface area contributed by atoms with E-state index in [-0.39, 0.29) is 17.1 Å². The second-order valence-corrected chi connectivity index (χ2v) is 6.17. The van der Waals surface area contributed by atoms with Gasteiger partial charge in [-0.1, -0.05) is 25.6 Å². The lowest BCUT2D eigenvalue weighted by Gasteiger charge is -2.07. The van der Waals surface area contributed by atoms with Crippen LogP contribution in [0.4, 0.5) is 0 Å². The molecule has 6 nitrogen and oxygen atoms in total. The van der Waals surface area contributed by atoms with Gasteiger partial charge in [-0.2, -0.15) is 5.10 Å². The van der Waals surface area contributed by atoms with Gasteiger partial charge in [0.05, 0.1) is 25.7 Å². The Labute approximate surface area is 134 Å². The Hall–Kier alpha value is -2.02. The number of hydrogen-bond acceptors (Lipinski definition) is 6. The number of ether oxygens (including phenoxy) is 2. The van der Waals surface area contributed by atoms with Gasteiger partial charge in [0.2, 0.25) is 5.91 Å². The summed E-state index contributed by atoms with van der Waals surface area (Å²) in [6.07, 6.45) is 1.60. The first-order valence-corrected chi connectivity index (χ1v) is 7.73. The molecule has 0 spiro atoms. The third-order valence-electron chi connectivity index (χ3n) is 3.10. The van der Waals surface area contributed by atoms with Crippen molar-refractivity contribution < 1.29 is 14.3 Å². The molecule has 7 heteroatoms. The molecule has 0 bridgehead atoms. The molecule has 1 amide bonds. The molecule has 1 aromatic carbocycles. The first kappa shape index (κ1) is 16.4. The molecule has 118 valence electrons. The molecule has 1 heterocycles. The summed E-state index contributed by atoms with van der Waals surface area (Å²) in [7, 11) is 3.17. The topological polar surface area (TPSA) is 72.3 Å². The Morgan fingerprint density at radius 2 is 2.00 bits per heavy atom. The molecule has 1 saturated heterocycles. The highest BCUT2D eigenvalue weighted by atomic mass is 32.2. The van der Waals surface area contributed by atoms with Crippen molar-refractivity contribution in [1.82, 2.24) is 5.32 Å². The number of carbonyl (C=O) groups excluding carboxylic acids is 1. The van der Waals surface area contributed by atoms with Gasteiger partial charge >= 0.3 is 0 Å². The van der Waals surface area contributed by atoms with Gasteiger partial charge in [0.1, 0.15) is 0 Å². The fraction of sp³-hybridized carbons (Fsp3) is 0.400. The van der Waals surface area contributed by atoms with Gasteiger partial charge in [0.15, 0.2) is 16.7 Å². The van der Waals surface area contributed by atoms with Crippen molar-refractivity contribution in [2.75, 3.05) is 14.2 Å². The van der Waals surface area contributed by atoms with Gasteiger partial charge in [-0.3, -0.25) is 4.79 Å². The summed E-state index contributed by atoms with van der Waals surface area (Å²) in [5.41, 5.74) is 0.830. The highest BCUT2D eigenvalue weighted by Gasteiger charge is 2.32. The van der Waals surface area contributed by atoms with Crippen LogP contribution in [-0.2, 0) is 4.79 Å². The monoisotopic (exact) mass is 321 g/mol. The number of amides is 1. The Balaban J connectivity index is 2.07. The van der Waals surface area contributed by atoms with Crippen LogP contribution in [0.5, 0.6) is 11.5 Å². The standard InChI is InChI=1S/C15H19N3O3S/c1-9(2)13-14(19)17-15(22-13)18-16-8-10-5-6-11(20-3)12(7-10)21-4/h5-9,13H,1-4H3,(H,17,18,19). The molecule has 1 atom stereocenters. The molecule has 0 radical (unpaired) electrons. The molecular weight excluding hydrogens is 302 g/mol.